The SMILES string of the molecule is CC[C@H]1OC(=O)[C@H](C)[C@@H](O[C@H]2C[C@@](C)(OC)[C@@H](O)[C@H](C)O2)[C@H](C)[C@@H](O[C@@H]2O[C@H](C)C[C@H](N(C)CCc3cn([C@H](CF)[C@H](OC)c4ccc(N5CCC(F)(F)C5)cc4)nn3)[C@H]2O)[C@](C)(O)C[C@@H](C)CN(C)[C@H](C)[C@@H](O)[C@]1(C)O. The van der Waals surface area contributed by atoms with Gasteiger partial charge in [-0.25, -0.2) is 17.9 Å². The second-order valence-electron chi connectivity index (χ2n) is 23.6. The van der Waals surface area contributed by atoms with Crippen LogP contribution in [0.5, 0.6) is 0 Å². The molecule has 0 saturated carbocycles. The molecule has 440 valence electrons. The lowest BCUT2D eigenvalue weighted by molar-refractivity contribution is -0.318. The second-order valence-corrected chi connectivity index (χ2v) is 23.6. The number of nitrogens with zero attached hydrogens (tertiary/aromatic N) is 6. The van der Waals surface area contributed by atoms with Crippen molar-refractivity contribution in [3.8, 4) is 0 Å². The van der Waals surface area contributed by atoms with Crippen LogP contribution in [0.25, 0.3) is 0 Å². The van der Waals surface area contributed by atoms with E-state index in [1.54, 1.807) is 83.8 Å². The average molecular weight is 1100 g/mol. The van der Waals surface area contributed by atoms with Crippen molar-refractivity contribution in [1.29, 1.82) is 0 Å². The summed E-state index contributed by atoms with van der Waals surface area (Å²) in [5.41, 5.74) is -2.79. The maximum atomic E-state index is 14.9. The highest BCUT2D eigenvalue weighted by Crippen LogP contribution is 2.41. The van der Waals surface area contributed by atoms with Gasteiger partial charge in [0.05, 0.1) is 53.8 Å². The van der Waals surface area contributed by atoms with Crippen molar-refractivity contribution in [2.75, 3.05) is 66.1 Å². The first-order valence-electron chi connectivity index (χ1n) is 27.5. The van der Waals surface area contributed by atoms with E-state index in [0.717, 1.165) is 0 Å². The third-order valence-corrected chi connectivity index (χ3v) is 17.2. The Morgan fingerprint density at radius 1 is 0.961 bits per heavy atom. The summed E-state index contributed by atoms with van der Waals surface area (Å²) >= 11 is 0. The summed E-state index contributed by atoms with van der Waals surface area (Å²) in [5.74, 6) is -5.69. The fourth-order valence-electron chi connectivity index (χ4n) is 12.3. The van der Waals surface area contributed by atoms with Crippen molar-refractivity contribution in [2.24, 2.45) is 17.8 Å². The first-order valence-corrected chi connectivity index (χ1v) is 27.5. The van der Waals surface area contributed by atoms with Gasteiger partial charge in [0.1, 0.15) is 48.8 Å². The Morgan fingerprint density at radius 3 is 2.23 bits per heavy atom. The molecule has 4 saturated heterocycles. The average Bonchev–Trinajstić information content (AvgIpc) is 4.01. The number of carbonyl (C=O) groups excluding carboxylic acids is 1. The summed E-state index contributed by atoms with van der Waals surface area (Å²) in [6.07, 6.45) is -8.67. The first-order chi connectivity index (χ1) is 36.0. The molecule has 4 aliphatic rings. The van der Waals surface area contributed by atoms with Crippen LogP contribution in [0, 0.1) is 17.8 Å². The van der Waals surface area contributed by atoms with Gasteiger partial charge >= 0.3 is 5.97 Å². The van der Waals surface area contributed by atoms with Gasteiger partial charge in [-0.05, 0) is 105 Å². The number of esters is 1. The van der Waals surface area contributed by atoms with Crippen LogP contribution >= 0.6 is 0 Å². The van der Waals surface area contributed by atoms with Gasteiger partial charge in [0.25, 0.3) is 5.92 Å². The highest BCUT2D eigenvalue weighted by atomic mass is 19.3. The van der Waals surface area contributed by atoms with Crippen LogP contribution < -0.4 is 4.90 Å². The molecule has 0 radical (unpaired) electrons. The monoisotopic (exact) mass is 1100 g/mol. The van der Waals surface area contributed by atoms with Gasteiger partial charge in [0.2, 0.25) is 0 Å². The van der Waals surface area contributed by atoms with Gasteiger partial charge in [-0.2, -0.15) is 0 Å². The molecule has 5 heterocycles. The van der Waals surface area contributed by atoms with Crippen molar-refractivity contribution in [2.45, 2.75) is 216 Å². The lowest BCUT2D eigenvalue weighted by Crippen LogP contribution is -2.61. The van der Waals surface area contributed by atoms with Crippen LogP contribution in [0.4, 0.5) is 18.9 Å². The minimum atomic E-state index is -2.75. The summed E-state index contributed by atoms with van der Waals surface area (Å²) in [7, 11) is 6.63. The third kappa shape index (κ3) is 14.5. The molecule has 0 bridgehead atoms. The molecular weight excluding hydrogens is 1010 g/mol. The molecule has 0 unspecified atom stereocenters. The first kappa shape index (κ1) is 63.1. The summed E-state index contributed by atoms with van der Waals surface area (Å²) in [4.78, 5) is 20.0. The third-order valence-electron chi connectivity index (χ3n) is 17.2. The Kier molecular flexibility index (Phi) is 21.1. The van der Waals surface area contributed by atoms with E-state index >= 15 is 0 Å². The zero-order valence-electron chi connectivity index (χ0n) is 47.8. The maximum Gasteiger partial charge on any atom is 0.311 e. The molecule has 19 nitrogen and oxygen atoms in total. The maximum absolute atomic E-state index is 14.9. The number of likely N-dealkylation sites (N-methyl/N-ethyl adjacent to an activating group) is 2. The number of hydrogen-bond donors (Lipinski definition) is 5. The lowest BCUT2D eigenvalue weighted by atomic mass is 9.77. The molecule has 0 spiro atoms. The number of anilines is 1. The predicted molar refractivity (Wildman–Crippen MR) is 280 cm³/mol. The summed E-state index contributed by atoms with van der Waals surface area (Å²) in [6, 6.07) is 4.96. The molecule has 0 aliphatic carbocycles. The second kappa shape index (κ2) is 25.8. The van der Waals surface area contributed by atoms with Crippen molar-refractivity contribution < 1.29 is 76.7 Å². The number of aromatic nitrogens is 3. The normalized spacial score (nSPS) is 40.0. The zero-order valence-corrected chi connectivity index (χ0v) is 47.8. The molecule has 22 heteroatoms. The van der Waals surface area contributed by atoms with Gasteiger partial charge in [0.15, 0.2) is 12.6 Å². The molecule has 2 aromatic rings. The molecule has 6 rings (SSSR count). The number of aliphatic hydroxyl groups excluding tert-OH is 3. The number of carbonyl (C=O) groups is 1. The number of rotatable bonds is 16. The number of cyclic esters (lactones) is 1. The molecule has 1 aromatic heterocycles. The van der Waals surface area contributed by atoms with E-state index in [2.05, 4.69) is 10.3 Å². The van der Waals surface area contributed by atoms with Crippen molar-refractivity contribution >= 4 is 11.7 Å². The number of aliphatic hydroxyl groups is 5. The Balaban J connectivity index is 1.24. The minimum absolute atomic E-state index is 0.0699. The molecule has 4 fully saturated rings. The largest absolute Gasteiger partial charge is 0.459 e. The van der Waals surface area contributed by atoms with Gasteiger partial charge in [-0.3, -0.25) is 4.79 Å². The highest BCUT2D eigenvalue weighted by molar-refractivity contribution is 5.73. The van der Waals surface area contributed by atoms with Gasteiger partial charge in [-0.15, -0.1) is 5.10 Å². The Morgan fingerprint density at radius 2 is 1.64 bits per heavy atom. The van der Waals surface area contributed by atoms with E-state index in [1.807, 2.05) is 37.7 Å². The van der Waals surface area contributed by atoms with Crippen LogP contribution in [-0.2, 0) is 44.4 Å². The molecule has 0 amide bonds. The van der Waals surface area contributed by atoms with Gasteiger partial charge in [-0.1, -0.05) is 38.1 Å². The number of halogens is 3. The summed E-state index contributed by atoms with van der Waals surface area (Å²) < 4.78 is 88.3. The van der Waals surface area contributed by atoms with E-state index in [9.17, 15) is 43.5 Å². The standard InChI is InChI=1S/C55H91F3N6O13/c1-15-42-54(10,70)47(66)35(6)62(12)28-31(2)25-52(8,69)49(33(4)45(34(5)50(68)75-42)76-43-26-53(9,72-14)48(67)36(7)74-43)77-51-44(65)40(24-32(3)73-51)61(11)22-20-38-29-64(60-59-38)41(27-56)46(71-13)37-16-18-39(19-17-37)63-23-21-55(57,58)30-63/h16-19,29,31-36,40-49,51,65-67,69-70H,15,20-28,30H2,1-14H3/t31-,32-,33+,34-,35-,36+,40+,41-,42-,43+,44-,45+,46-,47-,48+,49-,51+,52-,53-,54-/m1/s1. The van der Waals surface area contributed by atoms with Crippen LogP contribution in [0.2, 0.25) is 0 Å². The molecule has 5 N–H and O–H groups in total. The van der Waals surface area contributed by atoms with Crippen LogP contribution in [0.15, 0.2) is 30.5 Å². The topological polar surface area (TPSA) is 223 Å². The van der Waals surface area contributed by atoms with Crippen LogP contribution in [0.1, 0.15) is 125 Å². The molecule has 1 aromatic carbocycles. The van der Waals surface area contributed by atoms with Gasteiger partial charge in [0, 0.05) is 83.0 Å². The number of ether oxygens (including phenoxy) is 7. The molecule has 77 heavy (non-hydrogen) atoms. The van der Waals surface area contributed by atoms with E-state index in [4.69, 9.17) is 33.2 Å². The smallest absolute Gasteiger partial charge is 0.311 e. The van der Waals surface area contributed by atoms with Crippen molar-refractivity contribution in [1.82, 2.24) is 24.8 Å². The highest BCUT2D eigenvalue weighted by Gasteiger charge is 2.53. The predicted octanol–water partition coefficient (Wildman–Crippen LogP) is 4.85. The zero-order chi connectivity index (χ0) is 57.1. The lowest BCUT2D eigenvalue weighted by Gasteiger charge is -2.49. The quantitative estimate of drug-likeness (QED) is 0.142. The van der Waals surface area contributed by atoms with E-state index in [0.29, 0.717) is 42.9 Å². The van der Waals surface area contributed by atoms with Crippen LogP contribution in [0.3, 0.4) is 0 Å². The molecule has 20 atom stereocenters. The van der Waals surface area contributed by atoms with Crippen molar-refractivity contribution in [3.05, 3.63) is 41.7 Å². The summed E-state index contributed by atoms with van der Waals surface area (Å²) in [5, 5.41) is 68.5. The summed E-state index contributed by atoms with van der Waals surface area (Å²) in [6.45, 7) is 17.1. The fourth-order valence-corrected chi connectivity index (χ4v) is 12.3. The van der Waals surface area contributed by atoms with E-state index in [1.165, 1.54) is 25.8 Å². The Labute approximate surface area is 453 Å². The van der Waals surface area contributed by atoms with E-state index < -0.39 is 133 Å². The molecule has 4 aliphatic heterocycles. The number of alkyl halides is 3. The van der Waals surface area contributed by atoms with E-state index in [-0.39, 0.29) is 44.7 Å². The van der Waals surface area contributed by atoms with Gasteiger partial charge < -0.3 is 73.4 Å². The number of hydrogen-bond acceptors (Lipinski definition) is 18. The molecular formula is C55H91F3N6O13. The number of methoxy groups -OCH3 is 2. The van der Waals surface area contributed by atoms with Crippen LogP contribution in [-0.4, -0.2) is 214 Å². The Bertz CT molecular complexity index is 2180. The number of benzene rings is 1. The fraction of sp³-hybridized carbons (Fsp3) is 0.836. The van der Waals surface area contributed by atoms with Crippen molar-refractivity contribution in [3.63, 3.8) is 0 Å². The Hall–Kier alpha value is -3.10. The minimum Gasteiger partial charge on any atom is -0.459 e.